The quantitative estimate of drug-likeness (QED) is 0.358. The average Bonchev–Trinajstić information content (AvgIpc) is 3.59. The van der Waals surface area contributed by atoms with Crippen LogP contribution in [0.15, 0.2) is 85.7 Å². The second-order valence-corrected chi connectivity index (χ2v) is 10.8. The summed E-state index contributed by atoms with van der Waals surface area (Å²) >= 11 is 0. The molecule has 0 saturated carbocycles. The molecule has 0 radical (unpaired) electrons. The molecule has 0 spiro atoms. The van der Waals surface area contributed by atoms with Crippen LogP contribution >= 0.6 is 0 Å². The van der Waals surface area contributed by atoms with Crippen molar-refractivity contribution >= 4 is 21.6 Å². The van der Waals surface area contributed by atoms with E-state index in [9.17, 15) is 13.2 Å². The molecule has 9 nitrogen and oxygen atoms in total. The lowest BCUT2D eigenvalue weighted by atomic mass is 10.2. The number of amides is 1. The number of sulfone groups is 1. The first kappa shape index (κ1) is 24.6. The molecule has 1 aliphatic rings. The van der Waals surface area contributed by atoms with Crippen LogP contribution in [0, 0.1) is 13.8 Å². The van der Waals surface area contributed by atoms with E-state index in [1.54, 1.807) is 46.2 Å². The van der Waals surface area contributed by atoms with Crippen molar-refractivity contribution in [2.75, 3.05) is 37.7 Å². The Morgan fingerprint density at radius 2 is 1.59 bits per heavy atom. The topological polar surface area (TPSA) is 106 Å². The van der Waals surface area contributed by atoms with Gasteiger partial charge >= 0.3 is 0 Å². The highest BCUT2D eigenvalue weighted by molar-refractivity contribution is 7.91. The number of anilines is 1. The third kappa shape index (κ3) is 5.24. The van der Waals surface area contributed by atoms with Crippen molar-refractivity contribution in [3.8, 4) is 17.4 Å². The summed E-state index contributed by atoms with van der Waals surface area (Å²) in [7, 11) is -3.97. The molecule has 0 aliphatic carbocycles. The van der Waals surface area contributed by atoms with E-state index in [1.807, 2.05) is 38.1 Å². The van der Waals surface area contributed by atoms with Gasteiger partial charge in [-0.15, -0.1) is 0 Å². The minimum absolute atomic E-state index is 0.0684. The molecule has 0 atom stereocenters. The van der Waals surface area contributed by atoms with Gasteiger partial charge in [-0.2, -0.15) is 4.98 Å². The Hall–Kier alpha value is -4.05. The fraction of sp³-hybridized carbons (Fsp3) is 0.259. The van der Waals surface area contributed by atoms with Gasteiger partial charge in [0.15, 0.2) is 12.4 Å². The van der Waals surface area contributed by atoms with Gasteiger partial charge in [-0.25, -0.2) is 8.42 Å². The molecule has 1 saturated heterocycles. The zero-order valence-corrected chi connectivity index (χ0v) is 21.4. The third-order valence-electron chi connectivity index (χ3n) is 6.20. The number of furan rings is 1. The maximum atomic E-state index is 13.5. The van der Waals surface area contributed by atoms with Crippen LogP contribution in [-0.4, -0.2) is 57.0 Å². The van der Waals surface area contributed by atoms with Gasteiger partial charge < -0.3 is 23.4 Å². The summed E-state index contributed by atoms with van der Waals surface area (Å²) in [6.45, 7) is 5.32. The van der Waals surface area contributed by atoms with Gasteiger partial charge in [-0.3, -0.25) is 4.79 Å². The molecule has 4 aromatic rings. The van der Waals surface area contributed by atoms with Gasteiger partial charge in [0.1, 0.15) is 5.75 Å². The SMILES string of the molecule is Cc1ccc(OCC(=O)N2CCN(c3oc(-c4ccco4)nc3S(=O)(=O)c3ccc(C)cc3)CC2)cc1. The number of piperazine rings is 1. The van der Waals surface area contributed by atoms with Crippen molar-refractivity contribution in [2.45, 2.75) is 23.8 Å². The smallest absolute Gasteiger partial charge is 0.266 e. The van der Waals surface area contributed by atoms with Crippen LogP contribution in [0.3, 0.4) is 0 Å². The molecule has 0 N–H and O–H groups in total. The molecule has 10 heteroatoms. The van der Waals surface area contributed by atoms with E-state index in [0.717, 1.165) is 11.1 Å². The zero-order chi connectivity index (χ0) is 26.0. The third-order valence-corrected chi connectivity index (χ3v) is 7.87. The molecule has 2 aromatic carbocycles. The van der Waals surface area contributed by atoms with Crippen LogP contribution in [0.25, 0.3) is 11.7 Å². The van der Waals surface area contributed by atoms with Crippen LogP contribution in [-0.2, 0) is 14.6 Å². The molecule has 3 heterocycles. The number of rotatable bonds is 7. The van der Waals surface area contributed by atoms with E-state index in [-0.39, 0.29) is 34.2 Å². The van der Waals surface area contributed by atoms with E-state index in [0.29, 0.717) is 37.7 Å². The van der Waals surface area contributed by atoms with E-state index in [1.165, 1.54) is 6.26 Å². The van der Waals surface area contributed by atoms with E-state index in [4.69, 9.17) is 13.6 Å². The number of nitrogens with zero attached hydrogens (tertiary/aromatic N) is 3. The van der Waals surface area contributed by atoms with Crippen molar-refractivity contribution in [2.24, 2.45) is 0 Å². The normalized spacial score (nSPS) is 14.1. The first-order valence-corrected chi connectivity index (χ1v) is 13.4. The predicted octanol–water partition coefficient (Wildman–Crippen LogP) is 4.11. The summed E-state index contributed by atoms with van der Waals surface area (Å²) in [4.78, 5) is 20.7. The molecule has 37 heavy (non-hydrogen) atoms. The van der Waals surface area contributed by atoms with Gasteiger partial charge in [0.05, 0.1) is 11.2 Å². The molecule has 5 rings (SSSR count). The lowest BCUT2D eigenvalue weighted by molar-refractivity contribution is -0.133. The standard InChI is InChI=1S/C27H27N3O6S/c1-19-5-9-21(10-6-19)35-18-24(31)29-13-15-30(16-14-29)27-26(28-25(36-27)23-4-3-17-34-23)37(32,33)22-11-7-20(2)8-12-22/h3-12,17H,13-16,18H2,1-2H3. The second-order valence-electron chi connectivity index (χ2n) is 8.89. The van der Waals surface area contributed by atoms with Crippen molar-refractivity contribution in [1.82, 2.24) is 9.88 Å². The summed E-state index contributed by atoms with van der Waals surface area (Å²) in [6, 6.07) is 17.4. The molecule has 2 aromatic heterocycles. The lowest BCUT2D eigenvalue weighted by Gasteiger charge is -2.34. The average molecular weight is 522 g/mol. The van der Waals surface area contributed by atoms with Crippen molar-refractivity contribution in [1.29, 1.82) is 0 Å². The number of aromatic nitrogens is 1. The Morgan fingerprint density at radius 3 is 2.22 bits per heavy atom. The fourth-order valence-corrected chi connectivity index (χ4v) is 5.36. The van der Waals surface area contributed by atoms with Gasteiger partial charge in [0.2, 0.25) is 20.7 Å². The highest BCUT2D eigenvalue weighted by Gasteiger charge is 2.34. The minimum atomic E-state index is -3.97. The van der Waals surface area contributed by atoms with Gasteiger partial charge in [-0.1, -0.05) is 35.4 Å². The maximum Gasteiger partial charge on any atom is 0.266 e. The van der Waals surface area contributed by atoms with E-state index < -0.39 is 9.84 Å². The summed E-state index contributed by atoms with van der Waals surface area (Å²) in [6.07, 6.45) is 1.47. The Balaban J connectivity index is 1.34. The van der Waals surface area contributed by atoms with E-state index in [2.05, 4.69) is 4.98 Å². The molecule has 0 bridgehead atoms. The summed E-state index contributed by atoms with van der Waals surface area (Å²) in [5.41, 5.74) is 2.06. The van der Waals surface area contributed by atoms with Crippen LogP contribution in [0.4, 0.5) is 5.88 Å². The van der Waals surface area contributed by atoms with Crippen LogP contribution < -0.4 is 9.64 Å². The Labute approximate surface area is 215 Å². The Kier molecular flexibility index (Phi) is 6.75. The number of aryl methyl sites for hydroxylation is 2. The van der Waals surface area contributed by atoms with Crippen molar-refractivity contribution in [3.63, 3.8) is 0 Å². The molecule has 1 fully saturated rings. The Morgan fingerprint density at radius 1 is 0.946 bits per heavy atom. The fourth-order valence-electron chi connectivity index (χ4n) is 4.04. The molecule has 192 valence electrons. The first-order chi connectivity index (χ1) is 17.8. The lowest BCUT2D eigenvalue weighted by Crippen LogP contribution is -2.50. The van der Waals surface area contributed by atoms with Crippen molar-refractivity contribution in [3.05, 3.63) is 78.1 Å². The largest absolute Gasteiger partial charge is 0.484 e. The Bertz CT molecular complexity index is 1470. The number of oxazole rings is 1. The molecule has 1 aliphatic heterocycles. The van der Waals surface area contributed by atoms with Gasteiger partial charge in [0, 0.05) is 26.2 Å². The van der Waals surface area contributed by atoms with E-state index >= 15 is 0 Å². The number of benzene rings is 2. The number of carbonyl (C=O) groups is 1. The zero-order valence-electron chi connectivity index (χ0n) is 20.6. The van der Waals surface area contributed by atoms with Crippen LogP contribution in [0.5, 0.6) is 5.75 Å². The summed E-state index contributed by atoms with van der Waals surface area (Å²) < 4.78 is 44.1. The summed E-state index contributed by atoms with van der Waals surface area (Å²) in [5.74, 6) is 1.04. The molecule has 1 amide bonds. The summed E-state index contributed by atoms with van der Waals surface area (Å²) in [5, 5.41) is -0.176. The van der Waals surface area contributed by atoms with Crippen LogP contribution in [0.1, 0.15) is 11.1 Å². The molecular formula is C27H27N3O6S. The number of ether oxygens (including phenoxy) is 1. The second kappa shape index (κ2) is 10.1. The van der Waals surface area contributed by atoms with Gasteiger partial charge in [-0.05, 0) is 50.2 Å². The molecular weight excluding hydrogens is 494 g/mol. The predicted molar refractivity (Wildman–Crippen MR) is 136 cm³/mol. The molecule has 0 unspecified atom stereocenters. The maximum absolute atomic E-state index is 13.5. The first-order valence-electron chi connectivity index (χ1n) is 11.9. The number of hydrogen-bond donors (Lipinski definition) is 0. The highest BCUT2D eigenvalue weighted by atomic mass is 32.2. The van der Waals surface area contributed by atoms with Crippen molar-refractivity contribution < 1.29 is 26.8 Å². The monoisotopic (exact) mass is 521 g/mol. The number of hydrogen-bond acceptors (Lipinski definition) is 8. The van der Waals surface area contributed by atoms with Crippen LogP contribution in [0.2, 0.25) is 0 Å². The minimum Gasteiger partial charge on any atom is -0.484 e. The van der Waals surface area contributed by atoms with Gasteiger partial charge in [0.25, 0.3) is 11.8 Å². The number of carbonyl (C=O) groups excluding carboxylic acids is 1. The highest BCUT2D eigenvalue weighted by Crippen LogP contribution is 2.35.